The molecule has 0 aromatic rings. The van der Waals surface area contributed by atoms with Gasteiger partial charge in [-0.3, -0.25) is 4.79 Å². The SMILES string of the molecule is CCC(C)(C)C(=O)OC1OCC2C3CCC(C3)C12C. The van der Waals surface area contributed by atoms with Gasteiger partial charge in [-0.15, -0.1) is 0 Å². The molecule has 3 heteroatoms. The summed E-state index contributed by atoms with van der Waals surface area (Å²) in [4.78, 5) is 12.3. The third-order valence-electron chi connectivity index (χ3n) is 6.31. The van der Waals surface area contributed by atoms with Gasteiger partial charge in [0.15, 0.2) is 0 Å². The summed E-state index contributed by atoms with van der Waals surface area (Å²) in [6, 6.07) is 0. The monoisotopic (exact) mass is 266 g/mol. The Morgan fingerprint density at radius 2 is 2.16 bits per heavy atom. The van der Waals surface area contributed by atoms with E-state index in [-0.39, 0.29) is 17.7 Å². The Kier molecular flexibility index (Phi) is 2.97. The zero-order valence-corrected chi connectivity index (χ0v) is 12.6. The molecule has 3 rings (SSSR count). The predicted octanol–water partition coefficient (Wildman–Crippen LogP) is 3.37. The highest BCUT2D eigenvalue weighted by atomic mass is 16.7. The van der Waals surface area contributed by atoms with Crippen LogP contribution in [0.25, 0.3) is 0 Å². The molecule has 1 saturated heterocycles. The van der Waals surface area contributed by atoms with E-state index in [4.69, 9.17) is 9.47 Å². The number of fused-ring (bicyclic) bond motifs is 5. The Morgan fingerprint density at radius 1 is 1.42 bits per heavy atom. The third-order valence-corrected chi connectivity index (χ3v) is 6.31. The average Bonchev–Trinajstić information content (AvgIpc) is 3.02. The fourth-order valence-corrected chi connectivity index (χ4v) is 4.37. The van der Waals surface area contributed by atoms with Crippen LogP contribution in [0.4, 0.5) is 0 Å². The van der Waals surface area contributed by atoms with Gasteiger partial charge in [0.25, 0.3) is 0 Å². The highest BCUT2D eigenvalue weighted by molar-refractivity contribution is 5.76. The number of esters is 1. The lowest BCUT2D eigenvalue weighted by Gasteiger charge is -2.38. The van der Waals surface area contributed by atoms with E-state index in [1.165, 1.54) is 19.3 Å². The molecule has 3 nitrogen and oxygen atoms in total. The molecular weight excluding hydrogens is 240 g/mol. The van der Waals surface area contributed by atoms with Crippen LogP contribution >= 0.6 is 0 Å². The summed E-state index contributed by atoms with van der Waals surface area (Å²) in [5, 5.41) is 0. The first-order chi connectivity index (χ1) is 8.89. The maximum atomic E-state index is 12.3. The van der Waals surface area contributed by atoms with Crippen LogP contribution in [0.5, 0.6) is 0 Å². The Morgan fingerprint density at radius 3 is 2.84 bits per heavy atom. The maximum Gasteiger partial charge on any atom is 0.313 e. The molecule has 3 fully saturated rings. The first-order valence-corrected chi connectivity index (χ1v) is 7.72. The zero-order chi connectivity index (χ0) is 13.8. The highest BCUT2D eigenvalue weighted by Gasteiger charge is 2.64. The van der Waals surface area contributed by atoms with Gasteiger partial charge in [-0.1, -0.05) is 13.8 Å². The molecule has 3 aliphatic rings. The van der Waals surface area contributed by atoms with Crippen molar-refractivity contribution in [3.63, 3.8) is 0 Å². The van der Waals surface area contributed by atoms with Crippen molar-refractivity contribution in [2.45, 2.75) is 59.7 Å². The maximum absolute atomic E-state index is 12.3. The van der Waals surface area contributed by atoms with Crippen LogP contribution in [-0.2, 0) is 14.3 Å². The number of carbonyl (C=O) groups excluding carboxylic acids is 1. The number of hydrogen-bond acceptors (Lipinski definition) is 3. The molecule has 0 aromatic carbocycles. The van der Waals surface area contributed by atoms with Gasteiger partial charge in [0.05, 0.1) is 12.0 Å². The van der Waals surface area contributed by atoms with Gasteiger partial charge in [-0.25, -0.2) is 0 Å². The summed E-state index contributed by atoms with van der Waals surface area (Å²) in [7, 11) is 0. The minimum Gasteiger partial charge on any atom is -0.435 e. The zero-order valence-electron chi connectivity index (χ0n) is 12.6. The normalized spacial score (nSPS) is 44.4. The first-order valence-electron chi connectivity index (χ1n) is 7.72. The number of ether oxygens (including phenoxy) is 2. The highest BCUT2D eigenvalue weighted by Crippen LogP contribution is 2.64. The smallest absolute Gasteiger partial charge is 0.313 e. The Labute approximate surface area is 116 Å². The molecule has 1 heterocycles. The van der Waals surface area contributed by atoms with Gasteiger partial charge >= 0.3 is 5.97 Å². The van der Waals surface area contributed by atoms with Gasteiger partial charge < -0.3 is 9.47 Å². The van der Waals surface area contributed by atoms with E-state index in [1.54, 1.807) is 0 Å². The molecule has 1 aliphatic heterocycles. The van der Waals surface area contributed by atoms with Crippen molar-refractivity contribution in [1.29, 1.82) is 0 Å². The molecule has 0 amide bonds. The second-order valence-corrected chi connectivity index (χ2v) is 7.55. The molecular formula is C16H26O3. The predicted molar refractivity (Wildman–Crippen MR) is 72.3 cm³/mol. The molecule has 108 valence electrons. The standard InChI is InChI=1S/C16H26O3/c1-5-15(2,3)13(17)19-14-16(4)11-7-6-10(8-11)12(16)9-18-14/h10-12,14H,5-9H2,1-4H3. The van der Waals surface area contributed by atoms with Crippen LogP contribution < -0.4 is 0 Å². The average molecular weight is 266 g/mol. The molecule has 2 saturated carbocycles. The summed E-state index contributed by atoms with van der Waals surface area (Å²) >= 11 is 0. The molecule has 0 aromatic heterocycles. The van der Waals surface area contributed by atoms with E-state index in [0.29, 0.717) is 11.8 Å². The van der Waals surface area contributed by atoms with Crippen molar-refractivity contribution in [3.05, 3.63) is 0 Å². The van der Waals surface area contributed by atoms with Crippen LogP contribution in [0.1, 0.15) is 53.4 Å². The van der Waals surface area contributed by atoms with E-state index in [2.05, 4.69) is 6.92 Å². The van der Waals surface area contributed by atoms with E-state index < -0.39 is 5.41 Å². The summed E-state index contributed by atoms with van der Waals surface area (Å²) in [6.45, 7) is 8.99. The Balaban J connectivity index is 1.75. The molecule has 0 N–H and O–H groups in total. The van der Waals surface area contributed by atoms with Crippen molar-refractivity contribution in [1.82, 2.24) is 0 Å². The van der Waals surface area contributed by atoms with Crippen molar-refractivity contribution < 1.29 is 14.3 Å². The van der Waals surface area contributed by atoms with Gasteiger partial charge in [0.1, 0.15) is 0 Å². The second-order valence-electron chi connectivity index (χ2n) is 7.55. The van der Waals surface area contributed by atoms with Gasteiger partial charge in [0.2, 0.25) is 6.29 Å². The molecule has 0 spiro atoms. The van der Waals surface area contributed by atoms with E-state index in [9.17, 15) is 4.79 Å². The minimum atomic E-state index is -0.407. The third kappa shape index (κ3) is 1.77. The number of carbonyl (C=O) groups is 1. The van der Waals surface area contributed by atoms with Crippen molar-refractivity contribution in [2.75, 3.05) is 6.61 Å². The Hall–Kier alpha value is -0.570. The molecule has 5 unspecified atom stereocenters. The fourth-order valence-electron chi connectivity index (χ4n) is 4.37. The molecule has 5 atom stereocenters. The lowest BCUT2D eigenvalue weighted by molar-refractivity contribution is -0.200. The molecule has 19 heavy (non-hydrogen) atoms. The second kappa shape index (κ2) is 4.21. The number of hydrogen-bond donors (Lipinski definition) is 0. The largest absolute Gasteiger partial charge is 0.435 e. The summed E-state index contributed by atoms with van der Waals surface area (Å²) in [5.74, 6) is 1.99. The first kappa shape index (κ1) is 13.4. The quantitative estimate of drug-likeness (QED) is 0.735. The van der Waals surface area contributed by atoms with E-state index >= 15 is 0 Å². The number of rotatable bonds is 3. The van der Waals surface area contributed by atoms with Crippen LogP contribution in [-0.4, -0.2) is 18.9 Å². The van der Waals surface area contributed by atoms with Crippen molar-refractivity contribution >= 4 is 5.97 Å². The lowest BCUT2D eigenvalue weighted by atomic mass is 9.68. The van der Waals surface area contributed by atoms with Crippen molar-refractivity contribution in [3.8, 4) is 0 Å². The summed E-state index contributed by atoms with van der Waals surface area (Å²) < 4.78 is 11.6. The lowest BCUT2D eigenvalue weighted by Crippen LogP contribution is -2.42. The fraction of sp³-hybridized carbons (Fsp3) is 0.938. The topological polar surface area (TPSA) is 35.5 Å². The van der Waals surface area contributed by atoms with Gasteiger partial charge in [0, 0.05) is 5.41 Å². The Bertz CT molecular complexity index is 389. The van der Waals surface area contributed by atoms with Crippen LogP contribution in [0, 0.1) is 28.6 Å². The molecule has 2 bridgehead atoms. The van der Waals surface area contributed by atoms with Crippen LogP contribution in [0.15, 0.2) is 0 Å². The van der Waals surface area contributed by atoms with Crippen LogP contribution in [0.2, 0.25) is 0 Å². The molecule has 0 radical (unpaired) electrons. The van der Waals surface area contributed by atoms with E-state index in [1.807, 2.05) is 20.8 Å². The molecule has 2 aliphatic carbocycles. The van der Waals surface area contributed by atoms with Gasteiger partial charge in [-0.05, 0) is 57.3 Å². The minimum absolute atomic E-state index is 0.0718. The van der Waals surface area contributed by atoms with E-state index in [0.717, 1.165) is 18.9 Å². The summed E-state index contributed by atoms with van der Waals surface area (Å²) in [6.07, 6.45) is 4.42. The van der Waals surface area contributed by atoms with Crippen LogP contribution in [0.3, 0.4) is 0 Å². The summed E-state index contributed by atoms with van der Waals surface area (Å²) in [5.41, 5.74) is -0.335. The van der Waals surface area contributed by atoms with Crippen molar-refractivity contribution in [2.24, 2.45) is 28.6 Å². The van der Waals surface area contributed by atoms with Gasteiger partial charge in [-0.2, -0.15) is 0 Å².